The van der Waals surface area contributed by atoms with Gasteiger partial charge in [-0.25, -0.2) is 8.78 Å². The maximum Gasteiger partial charge on any atom is 0.255 e. The average Bonchev–Trinajstić information content (AvgIpc) is 3.48. The van der Waals surface area contributed by atoms with Crippen molar-refractivity contribution in [1.82, 2.24) is 15.1 Å². The van der Waals surface area contributed by atoms with Gasteiger partial charge >= 0.3 is 0 Å². The molecule has 1 atom stereocenters. The van der Waals surface area contributed by atoms with E-state index in [1.54, 1.807) is 12.1 Å². The van der Waals surface area contributed by atoms with Gasteiger partial charge in [0.05, 0.1) is 11.6 Å². The third-order valence-electron chi connectivity index (χ3n) is 7.35. The fourth-order valence-electron chi connectivity index (χ4n) is 5.49. The van der Waals surface area contributed by atoms with Crippen molar-refractivity contribution >= 4 is 34.4 Å². The second-order valence-electron chi connectivity index (χ2n) is 9.48. The van der Waals surface area contributed by atoms with Crippen LogP contribution in [-0.4, -0.2) is 59.7 Å². The number of furan rings is 1. The maximum atomic E-state index is 14.6. The summed E-state index contributed by atoms with van der Waals surface area (Å²) < 4.78 is 34.1. The number of piperazine rings is 1. The van der Waals surface area contributed by atoms with E-state index in [2.05, 4.69) is 15.1 Å². The van der Waals surface area contributed by atoms with Crippen LogP contribution in [-0.2, 0) is 22.7 Å². The zero-order chi connectivity index (χ0) is 25.0. The van der Waals surface area contributed by atoms with Crippen molar-refractivity contribution in [2.24, 2.45) is 0 Å². The first kappa shape index (κ1) is 22.7. The van der Waals surface area contributed by atoms with Gasteiger partial charge in [0, 0.05) is 68.1 Å². The largest absolute Gasteiger partial charge is 0.464 e. The second kappa shape index (κ2) is 8.70. The quantitative estimate of drug-likeness (QED) is 0.562. The molecule has 0 spiro atoms. The van der Waals surface area contributed by atoms with Gasteiger partial charge in [-0.3, -0.25) is 24.6 Å². The van der Waals surface area contributed by atoms with Crippen LogP contribution in [0, 0.1) is 11.6 Å². The highest BCUT2D eigenvalue weighted by atomic mass is 19.1. The summed E-state index contributed by atoms with van der Waals surface area (Å²) in [6, 6.07) is 6.74. The monoisotopic (exact) mass is 494 g/mol. The highest BCUT2D eigenvalue weighted by Crippen LogP contribution is 2.36. The number of nitrogens with one attached hydrogen (secondary N) is 1. The number of piperidine rings is 1. The van der Waals surface area contributed by atoms with Gasteiger partial charge in [0.15, 0.2) is 0 Å². The summed E-state index contributed by atoms with van der Waals surface area (Å²) in [5.74, 6) is -2.05. The standard InChI is InChI=1S/C26H24F2N4O4/c27-16-11-18-19(14-32(26(18)35)21-3-4-23(33)29-25(21)34)22(12-16)31-8-6-30(7-9-31)13-15-1-2-20(28)17-5-10-36-24(15)17/h1-2,5,10-12,21H,3-4,6-9,13-14H2,(H,29,33,34). The van der Waals surface area contributed by atoms with Crippen molar-refractivity contribution in [2.75, 3.05) is 31.1 Å². The molecule has 2 fully saturated rings. The molecule has 4 heterocycles. The lowest BCUT2D eigenvalue weighted by Gasteiger charge is -2.37. The summed E-state index contributed by atoms with van der Waals surface area (Å²) in [5, 5.41) is 2.76. The summed E-state index contributed by atoms with van der Waals surface area (Å²) in [5.41, 5.74) is 3.08. The number of halogens is 2. The first-order valence-corrected chi connectivity index (χ1v) is 12.0. The van der Waals surface area contributed by atoms with Gasteiger partial charge < -0.3 is 14.2 Å². The minimum atomic E-state index is -0.746. The molecule has 3 aromatic rings. The number of carbonyl (C=O) groups excluding carboxylic acids is 3. The molecule has 2 saturated heterocycles. The van der Waals surface area contributed by atoms with Crippen LogP contribution in [0.5, 0.6) is 0 Å². The van der Waals surface area contributed by atoms with Crippen molar-refractivity contribution in [3.8, 4) is 0 Å². The Morgan fingerprint density at radius 3 is 2.61 bits per heavy atom. The minimum absolute atomic E-state index is 0.165. The lowest BCUT2D eigenvalue weighted by Crippen LogP contribution is -2.52. The fraction of sp³-hybridized carbons (Fsp3) is 0.346. The van der Waals surface area contributed by atoms with E-state index in [-0.39, 0.29) is 36.7 Å². The van der Waals surface area contributed by atoms with E-state index < -0.39 is 23.7 Å². The van der Waals surface area contributed by atoms with Crippen LogP contribution in [0.2, 0.25) is 0 Å². The average molecular weight is 494 g/mol. The smallest absolute Gasteiger partial charge is 0.255 e. The summed E-state index contributed by atoms with van der Waals surface area (Å²) in [4.78, 5) is 42.7. The number of hydrogen-bond donors (Lipinski definition) is 1. The molecule has 3 aliphatic rings. The predicted octanol–water partition coefficient (Wildman–Crippen LogP) is 2.79. The highest BCUT2D eigenvalue weighted by Gasteiger charge is 2.41. The SMILES string of the molecule is O=C1CCC(N2Cc3c(cc(F)cc3N3CCN(Cc4ccc(F)c5ccoc45)CC3)C2=O)C(=O)N1. The van der Waals surface area contributed by atoms with E-state index >= 15 is 0 Å². The Morgan fingerprint density at radius 1 is 1.03 bits per heavy atom. The number of amides is 3. The molecule has 3 aliphatic heterocycles. The summed E-state index contributed by atoms with van der Waals surface area (Å²) in [6.07, 6.45) is 1.91. The normalized spacial score (nSPS) is 20.8. The number of hydrogen-bond acceptors (Lipinski definition) is 6. The van der Waals surface area contributed by atoms with Crippen LogP contribution < -0.4 is 10.2 Å². The molecule has 186 valence electrons. The summed E-state index contributed by atoms with van der Waals surface area (Å²) in [7, 11) is 0. The van der Waals surface area contributed by atoms with Gasteiger partial charge in [-0.2, -0.15) is 0 Å². The minimum Gasteiger partial charge on any atom is -0.464 e. The molecule has 2 aromatic carbocycles. The third kappa shape index (κ3) is 3.81. The number of anilines is 1. The Kier molecular flexibility index (Phi) is 5.48. The number of rotatable bonds is 4. The van der Waals surface area contributed by atoms with Gasteiger partial charge in [0.25, 0.3) is 5.91 Å². The van der Waals surface area contributed by atoms with Crippen LogP contribution in [0.25, 0.3) is 11.0 Å². The molecular formula is C26H24F2N4O4. The van der Waals surface area contributed by atoms with Crippen molar-refractivity contribution in [1.29, 1.82) is 0 Å². The molecule has 1 unspecified atom stereocenters. The van der Waals surface area contributed by atoms with E-state index in [1.807, 2.05) is 0 Å². The van der Waals surface area contributed by atoms with Crippen LogP contribution in [0.3, 0.4) is 0 Å². The van der Waals surface area contributed by atoms with Gasteiger partial charge in [-0.15, -0.1) is 0 Å². The number of benzene rings is 2. The fourth-order valence-corrected chi connectivity index (χ4v) is 5.49. The van der Waals surface area contributed by atoms with E-state index in [4.69, 9.17) is 4.42 Å². The van der Waals surface area contributed by atoms with Crippen molar-refractivity contribution < 1.29 is 27.6 Å². The summed E-state index contributed by atoms with van der Waals surface area (Å²) >= 11 is 0. The molecule has 10 heteroatoms. The summed E-state index contributed by atoms with van der Waals surface area (Å²) in [6.45, 7) is 3.41. The van der Waals surface area contributed by atoms with E-state index in [0.29, 0.717) is 54.9 Å². The van der Waals surface area contributed by atoms with Gasteiger partial charge in [-0.05, 0) is 30.7 Å². The Balaban J connectivity index is 1.18. The Hall–Kier alpha value is -3.79. The highest BCUT2D eigenvalue weighted by molar-refractivity contribution is 6.06. The molecular weight excluding hydrogens is 470 g/mol. The van der Waals surface area contributed by atoms with Crippen molar-refractivity contribution in [3.05, 3.63) is 64.9 Å². The van der Waals surface area contributed by atoms with Gasteiger partial charge in [-0.1, -0.05) is 6.07 Å². The molecule has 1 N–H and O–H groups in total. The number of fused-ring (bicyclic) bond motifs is 2. The molecule has 0 aliphatic carbocycles. The molecule has 0 bridgehead atoms. The first-order chi connectivity index (χ1) is 17.4. The van der Waals surface area contributed by atoms with Crippen LogP contribution in [0.15, 0.2) is 41.0 Å². The Labute approximate surface area is 205 Å². The first-order valence-electron chi connectivity index (χ1n) is 12.0. The van der Waals surface area contributed by atoms with Crippen LogP contribution >= 0.6 is 0 Å². The Morgan fingerprint density at radius 2 is 1.83 bits per heavy atom. The van der Waals surface area contributed by atoms with E-state index in [1.165, 1.54) is 29.4 Å². The molecule has 8 nitrogen and oxygen atoms in total. The molecule has 6 rings (SSSR count). The van der Waals surface area contributed by atoms with Crippen LogP contribution in [0.1, 0.15) is 34.3 Å². The number of carbonyl (C=O) groups is 3. The molecule has 36 heavy (non-hydrogen) atoms. The molecule has 0 radical (unpaired) electrons. The van der Waals surface area contributed by atoms with Crippen molar-refractivity contribution in [2.45, 2.75) is 32.0 Å². The Bertz CT molecular complexity index is 1400. The maximum absolute atomic E-state index is 14.6. The lowest BCUT2D eigenvalue weighted by atomic mass is 10.0. The van der Waals surface area contributed by atoms with E-state index in [9.17, 15) is 23.2 Å². The van der Waals surface area contributed by atoms with Gasteiger partial charge in [0.2, 0.25) is 11.8 Å². The second-order valence-corrected chi connectivity index (χ2v) is 9.48. The predicted molar refractivity (Wildman–Crippen MR) is 126 cm³/mol. The number of imide groups is 1. The zero-order valence-corrected chi connectivity index (χ0v) is 19.4. The van der Waals surface area contributed by atoms with Crippen LogP contribution in [0.4, 0.5) is 14.5 Å². The number of nitrogens with zero attached hydrogens (tertiary/aromatic N) is 3. The van der Waals surface area contributed by atoms with E-state index in [0.717, 1.165) is 5.56 Å². The topological polar surface area (TPSA) is 86.1 Å². The molecule has 0 saturated carbocycles. The van der Waals surface area contributed by atoms with Gasteiger partial charge in [0.1, 0.15) is 23.3 Å². The molecule has 1 aromatic heterocycles. The van der Waals surface area contributed by atoms with Crippen molar-refractivity contribution in [3.63, 3.8) is 0 Å². The molecule has 3 amide bonds. The lowest BCUT2D eigenvalue weighted by molar-refractivity contribution is -0.136. The zero-order valence-electron chi connectivity index (χ0n) is 19.4. The third-order valence-corrected chi connectivity index (χ3v) is 7.35.